The Labute approximate surface area is 87.0 Å². The molecule has 0 bridgehead atoms. The molecule has 1 rings (SSSR count). The zero-order chi connectivity index (χ0) is 8.97. The fourth-order valence-corrected chi connectivity index (χ4v) is 1.69. The highest BCUT2D eigenvalue weighted by molar-refractivity contribution is 7.07. The van der Waals surface area contributed by atoms with Gasteiger partial charge in [0.05, 0.1) is 6.42 Å². The van der Waals surface area contributed by atoms with Crippen molar-refractivity contribution >= 4 is 29.7 Å². The molecule has 0 aliphatic carbocycles. The second-order valence-corrected chi connectivity index (χ2v) is 3.47. The zero-order valence-electron chi connectivity index (χ0n) is 6.97. The molecule has 74 valence electrons. The van der Waals surface area contributed by atoms with Crippen LogP contribution < -0.4 is 5.73 Å². The molecule has 0 fully saturated rings. The highest BCUT2D eigenvalue weighted by atomic mass is 35.5. The summed E-state index contributed by atoms with van der Waals surface area (Å²) in [4.78, 5) is 10.3. The van der Waals surface area contributed by atoms with Gasteiger partial charge >= 0.3 is 5.97 Å². The van der Waals surface area contributed by atoms with Crippen molar-refractivity contribution in [2.75, 3.05) is 0 Å². The normalized spacial score (nSPS) is 11.8. The third kappa shape index (κ3) is 4.87. The Hall–Kier alpha value is -0.580. The van der Waals surface area contributed by atoms with Crippen LogP contribution in [0.25, 0.3) is 0 Å². The minimum Gasteiger partial charge on any atom is -0.481 e. The summed E-state index contributed by atoms with van der Waals surface area (Å²) in [6.07, 6.45) is 0.686. The van der Waals surface area contributed by atoms with Crippen LogP contribution in [0.1, 0.15) is 12.0 Å². The second kappa shape index (κ2) is 5.96. The van der Waals surface area contributed by atoms with E-state index in [1.165, 1.54) is 0 Å². The van der Waals surface area contributed by atoms with Gasteiger partial charge < -0.3 is 10.8 Å². The van der Waals surface area contributed by atoms with Crippen LogP contribution >= 0.6 is 23.7 Å². The average molecular weight is 222 g/mol. The number of hydrogen-bond donors (Lipinski definition) is 2. The Morgan fingerprint density at radius 3 is 2.85 bits per heavy atom. The zero-order valence-corrected chi connectivity index (χ0v) is 8.61. The van der Waals surface area contributed by atoms with Crippen molar-refractivity contribution in [2.45, 2.75) is 18.9 Å². The second-order valence-electron chi connectivity index (χ2n) is 2.69. The largest absolute Gasteiger partial charge is 0.481 e. The smallest absolute Gasteiger partial charge is 0.304 e. The van der Waals surface area contributed by atoms with E-state index in [2.05, 4.69) is 0 Å². The number of carboxylic acid groups (broad SMARTS) is 1. The van der Waals surface area contributed by atoms with Gasteiger partial charge in [0, 0.05) is 6.04 Å². The van der Waals surface area contributed by atoms with Gasteiger partial charge in [0.1, 0.15) is 0 Å². The van der Waals surface area contributed by atoms with E-state index in [1.807, 2.05) is 16.8 Å². The number of aliphatic carboxylic acids is 1. The molecule has 0 aliphatic rings. The van der Waals surface area contributed by atoms with Crippen LogP contribution in [-0.4, -0.2) is 17.1 Å². The van der Waals surface area contributed by atoms with Crippen LogP contribution in [0.4, 0.5) is 0 Å². The van der Waals surface area contributed by atoms with Crippen molar-refractivity contribution in [3.05, 3.63) is 22.4 Å². The van der Waals surface area contributed by atoms with E-state index in [4.69, 9.17) is 10.8 Å². The van der Waals surface area contributed by atoms with Crippen LogP contribution in [-0.2, 0) is 11.2 Å². The Morgan fingerprint density at radius 2 is 2.38 bits per heavy atom. The summed E-state index contributed by atoms with van der Waals surface area (Å²) in [5.41, 5.74) is 6.71. The average Bonchev–Trinajstić information content (AvgIpc) is 2.37. The first-order valence-corrected chi connectivity index (χ1v) is 4.61. The predicted octanol–water partition coefficient (Wildman–Crippen LogP) is 1.51. The molecule has 13 heavy (non-hydrogen) atoms. The third-order valence-electron chi connectivity index (χ3n) is 1.51. The van der Waals surface area contributed by atoms with Gasteiger partial charge in [-0.3, -0.25) is 4.79 Å². The number of halogens is 1. The molecule has 0 aromatic carbocycles. The van der Waals surface area contributed by atoms with E-state index in [0.29, 0.717) is 6.42 Å². The molecule has 1 aromatic heterocycles. The molecule has 3 N–H and O–H groups in total. The van der Waals surface area contributed by atoms with Gasteiger partial charge in [0.2, 0.25) is 0 Å². The molecule has 0 spiro atoms. The summed E-state index contributed by atoms with van der Waals surface area (Å²) < 4.78 is 0. The Morgan fingerprint density at radius 1 is 1.69 bits per heavy atom. The maximum Gasteiger partial charge on any atom is 0.304 e. The maximum absolute atomic E-state index is 10.3. The first-order valence-electron chi connectivity index (χ1n) is 3.67. The number of nitrogens with two attached hydrogens (primary N) is 1. The fraction of sp³-hybridized carbons (Fsp3) is 0.375. The highest BCUT2D eigenvalue weighted by Gasteiger charge is 2.08. The van der Waals surface area contributed by atoms with Gasteiger partial charge in [-0.05, 0) is 28.8 Å². The number of thiophene rings is 1. The monoisotopic (exact) mass is 221 g/mol. The van der Waals surface area contributed by atoms with Crippen LogP contribution in [0, 0.1) is 0 Å². The van der Waals surface area contributed by atoms with Crippen molar-refractivity contribution < 1.29 is 9.90 Å². The van der Waals surface area contributed by atoms with Crippen molar-refractivity contribution in [3.8, 4) is 0 Å². The first kappa shape index (κ1) is 12.4. The van der Waals surface area contributed by atoms with Crippen molar-refractivity contribution in [2.24, 2.45) is 5.73 Å². The first-order chi connectivity index (χ1) is 5.68. The standard InChI is InChI=1S/C8H11NO2S.ClH/c9-7(4-8(10)11)3-6-1-2-12-5-6;/h1-2,5,7H,3-4,9H2,(H,10,11);1H/t7-;/m1./s1. The highest BCUT2D eigenvalue weighted by Crippen LogP contribution is 2.08. The van der Waals surface area contributed by atoms with Crippen LogP contribution in [0.5, 0.6) is 0 Å². The Kier molecular flexibility index (Phi) is 5.70. The molecule has 1 heterocycles. The topological polar surface area (TPSA) is 63.3 Å². The lowest BCUT2D eigenvalue weighted by Crippen LogP contribution is -2.25. The molecule has 3 nitrogen and oxygen atoms in total. The van der Waals surface area contributed by atoms with Crippen LogP contribution in [0.15, 0.2) is 16.8 Å². The van der Waals surface area contributed by atoms with E-state index in [-0.39, 0.29) is 24.9 Å². The number of carboxylic acids is 1. The molecule has 0 amide bonds. The third-order valence-corrected chi connectivity index (χ3v) is 2.25. The van der Waals surface area contributed by atoms with Gasteiger partial charge in [0.25, 0.3) is 0 Å². The summed E-state index contributed by atoms with van der Waals surface area (Å²) in [5.74, 6) is -0.835. The summed E-state index contributed by atoms with van der Waals surface area (Å²) >= 11 is 1.60. The number of rotatable bonds is 4. The lowest BCUT2D eigenvalue weighted by molar-refractivity contribution is -0.137. The van der Waals surface area contributed by atoms with Crippen LogP contribution in [0.3, 0.4) is 0 Å². The number of hydrogen-bond acceptors (Lipinski definition) is 3. The predicted molar refractivity (Wildman–Crippen MR) is 55.5 cm³/mol. The summed E-state index contributed by atoms with van der Waals surface area (Å²) in [6, 6.07) is 1.70. The molecule has 0 unspecified atom stereocenters. The quantitative estimate of drug-likeness (QED) is 0.810. The van der Waals surface area contributed by atoms with Crippen molar-refractivity contribution in [3.63, 3.8) is 0 Å². The fourth-order valence-electron chi connectivity index (χ4n) is 1.01. The van der Waals surface area contributed by atoms with Gasteiger partial charge in [0.15, 0.2) is 0 Å². The lowest BCUT2D eigenvalue weighted by atomic mass is 10.1. The molecule has 0 saturated carbocycles. The van der Waals surface area contributed by atoms with Gasteiger partial charge in [-0.1, -0.05) is 0 Å². The SMILES string of the molecule is Cl.N[C@@H](CC(=O)O)Cc1ccsc1. The van der Waals surface area contributed by atoms with Crippen molar-refractivity contribution in [1.29, 1.82) is 0 Å². The van der Waals surface area contributed by atoms with E-state index >= 15 is 0 Å². The number of carbonyl (C=O) groups is 1. The van der Waals surface area contributed by atoms with E-state index < -0.39 is 5.97 Å². The molecule has 1 aromatic rings. The van der Waals surface area contributed by atoms with Gasteiger partial charge in [-0.25, -0.2) is 0 Å². The van der Waals surface area contributed by atoms with E-state index in [9.17, 15) is 4.79 Å². The summed E-state index contributed by atoms with van der Waals surface area (Å²) in [5, 5.41) is 12.4. The van der Waals surface area contributed by atoms with E-state index in [0.717, 1.165) is 5.56 Å². The summed E-state index contributed by atoms with van der Waals surface area (Å²) in [6.45, 7) is 0. The van der Waals surface area contributed by atoms with Gasteiger partial charge in [-0.15, -0.1) is 12.4 Å². The van der Waals surface area contributed by atoms with Gasteiger partial charge in [-0.2, -0.15) is 11.3 Å². The Bertz CT molecular complexity index is 251. The minimum atomic E-state index is -0.835. The molecule has 0 saturated heterocycles. The molecular formula is C8H12ClNO2S. The molecule has 1 atom stereocenters. The Balaban J connectivity index is 0.00000144. The van der Waals surface area contributed by atoms with Crippen LogP contribution in [0.2, 0.25) is 0 Å². The van der Waals surface area contributed by atoms with Crippen molar-refractivity contribution in [1.82, 2.24) is 0 Å². The molecule has 5 heteroatoms. The minimum absolute atomic E-state index is 0. The van der Waals surface area contributed by atoms with E-state index in [1.54, 1.807) is 11.3 Å². The summed E-state index contributed by atoms with van der Waals surface area (Å²) in [7, 11) is 0. The lowest BCUT2D eigenvalue weighted by Gasteiger charge is -2.05. The molecular weight excluding hydrogens is 210 g/mol. The maximum atomic E-state index is 10.3. The molecule has 0 aliphatic heterocycles. The molecule has 0 radical (unpaired) electrons.